The molecule has 1 aromatic heterocycles. The van der Waals surface area contributed by atoms with Crippen LogP contribution in [0.5, 0.6) is 23.0 Å². The molecule has 160 valence electrons. The van der Waals surface area contributed by atoms with E-state index in [1.807, 2.05) is 30.3 Å². The molecule has 0 bridgehead atoms. The average molecular weight is 434 g/mol. The van der Waals surface area contributed by atoms with Gasteiger partial charge in [0.2, 0.25) is 0 Å². The molecule has 0 saturated heterocycles. The maximum Gasteiger partial charge on any atom is 0.173 e. The van der Waals surface area contributed by atoms with Gasteiger partial charge in [-0.05, 0) is 42.6 Å². The molecule has 0 radical (unpaired) electrons. The second kappa shape index (κ2) is 8.35. The SMILES string of the molecule is [2H]C1=C(C([2H])([2H])[2H])Cc2c([2H])c([2H])c(Oc3ccnc4cc(OCc5ccccc5)c(OC)cc34)c(F)c21. The van der Waals surface area contributed by atoms with Crippen LogP contribution in [0.25, 0.3) is 17.0 Å². The number of fused-ring (bicyclic) bond motifs is 2. The highest BCUT2D eigenvalue weighted by Gasteiger charge is 2.19. The van der Waals surface area contributed by atoms with Crippen molar-refractivity contribution < 1.29 is 26.8 Å². The number of pyridine rings is 1. The topological polar surface area (TPSA) is 40.6 Å². The Morgan fingerprint density at radius 1 is 1.06 bits per heavy atom. The van der Waals surface area contributed by atoms with E-state index in [9.17, 15) is 0 Å². The lowest BCUT2D eigenvalue weighted by atomic mass is 10.1. The molecule has 0 saturated carbocycles. The molecule has 32 heavy (non-hydrogen) atoms. The van der Waals surface area contributed by atoms with Crippen LogP contribution in [0.1, 0.15) is 31.8 Å². The van der Waals surface area contributed by atoms with E-state index in [0.29, 0.717) is 29.0 Å². The van der Waals surface area contributed by atoms with Crippen LogP contribution < -0.4 is 14.2 Å². The van der Waals surface area contributed by atoms with Crippen LogP contribution in [-0.2, 0) is 13.0 Å². The Labute approximate surface area is 194 Å². The van der Waals surface area contributed by atoms with Gasteiger partial charge in [0.25, 0.3) is 0 Å². The summed E-state index contributed by atoms with van der Waals surface area (Å²) in [5.74, 6) is -0.662. The largest absolute Gasteiger partial charge is 0.493 e. The van der Waals surface area contributed by atoms with E-state index in [1.54, 1.807) is 12.1 Å². The summed E-state index contributed by atoms with van der Waals surface area (Å²) in [5, 5.41) is 0.437. The lowest BCUT2D eigenvalue weighted by molar-refractivity contribution is 0.285. The van der Waals surface area contributed by atoms with E-state index in [4.69, 9.17) is 22.4 Å². The first-order chi connectivity index (χ1) is 18.1. The number of halogens is 1. The number of nitrogens with zero attached hydrogens (tertiary/aromatic N) is 1. The first-order valence-electron chi connectivity index (χ1n) is 12.9. The lowest BCUT2D eigenvalue weighted by Gasteiger charge is -2.15. The van der Waals surface area contributed by atoms with E-state index >= 15 is 4.39 Å². The third-order valence-electron chi connectivity index (χ3n) is 5.11. The Balaban J connectivity index is 1.55. The van der Waals surface area contributed by atoms with Crippen LogP contribution in [0.15, 0.2) is 72.4 Å². The molecule has 0 amide bonds. The summed E-state index contributed by atoms with van der Waals surface area (Å²) in [7, 11) is 1.48. The van der Waals surface area contributed by atoms with Crippen molar-refractivity contribution in [3.8, 4) is 23.0 Å². The smallest absolute Gasteiger partial charge is 0.173 e. The molecule has 1 aliphatic carbocycles. The summed E-state index contributed by atoms with van der Waals surface area (Å²) in [6.45, 7) is -2.31. The highest BCUT2D eigenvalue weighted by Crippen LogP contribution is 2.39. The summed E-state index contributed by atoms with van der Waals surface area (Å²) in [4.78, 5) is 4.35. The fourth-order valence-electron chi connectivity index (χ4n) is 3.54. The minimum absolute atomic E-state index is 0.00237. The maximum atomic E-state index is 15.7. The number of hydrogen-bond acceptors (Lipinski definition) is 4. The predicted molar refractivity (Wildman–Crippen MR) is 123 cm³/mol. The first kappa shape index (κ1) is 14.2. The molecule has 0 atom stereocenters. The second-order valence-corrected chi connectivity index (χ2v) is 7.23. The Hall–Kier alpha value is -3.86. The van der Waals surface area contributed by atoms with Crippen molar-refractivity contribution in [1.82, 2.24) is 4.98 Å². The molecule has 0 aliphatic heterocycles. The van der Waals surface area contributed by atoms with Crippen molar-refractivity contribution in [3.05, 3.63) is 94.9 Å². The van der Waals surface area contributed by atoms with Crippen LogP contribution in [0, 0.1) is 5.82 Å². The third kappa shape index (κ3) is 3.78. The zero-order valence-corrected chi connectivity index (χ0v) is 17.2. The predicted octanol–water partition coefficient (Wildman–Crippen LogP) is 6.71. The highest BCUT2D eigenvalue weighted by atomic mass is 19.1. The molecule has 1 heterocycles. The molecule has 0 unspecified atom stereocenters. The van der Waals surface area contributed by atoms with E-state index < -0.39 is 30.5 Å². The van der Waals surface area contributed by atoms with Gasteiger partial charge in [-0.25, -0.2) is 4.39 Å². The molecular weight excluding hydrogens is 405 g/mol. The normalized spacial score (nSPS) is 15.8. The van der Waals surface area contributed by atoms with Gasteiger partial charge >= 0.3 is 0 Å². The second-order valence-electron chi connectivity index (χ2n) is 7.23. The van der Waals surface area contributed by atoms with Crippen molar-refractivity contribution in [2.75, 3.05) is 7.11 Å². The standard InChI is InChI=1S/C27H22FNO3/c1-17-12-19-8-9-24(27(28)20(19)13-17)32-23-10-11-29-22-15-26(25(30-2)14-21(22)23)31-16-18-6-4-3-5-7-18/h3-11,13-15H,12,16H2,1-2H3/i1D3,8D,9D,13D. The van der Waals surface area contributed by atoms with E-state index in [0.717, 1.165) is 5.56 Å². The average Bonchev–Trinajstić information content (AvgIpc) is 3.26. The van der Waals surface area contributed by atoms with Crippen LogP contribution in [0.4, 0.5) is 4.39 Å². The quantitative estimate of drug-likeness (QED) is 0.339. The number of ether oxygens (including phenoxy) is 3. The molecule has 3 aromatic carbocycles. The van der Waals surface area contributed by atoms with Gasteiger partial charge < -0.3 is 14.2 Å². The van der Waals surface area contributed by atoms with E-state index in [2.05, 4.69) is 4.98 Å². The zero-order valence-electron chi connectivity index (χ0n) is 23.2. The van der Waals surface area contributed by atoms with Crippen LogP contribution in [-0.4, -0.2) is 12.1 Å². The van der Waals surface area contributed by atoms with Crippen molar-refractivity contribution in [1.29, 1.82) is 0 Å². The summed E-state index contributed by atoms with van der Waals surface area (Å²) >= 11 is 0. The van der Waals surface area contributed by atoms with Crippen LogP contribution in [0.3, 0.4) is 0 Å². The number of allylic oxidation sites excluding steroid dienone is 1. The van der Waals surface area contributed by atoms with Crippen molar-refractivity contribution >= 4 is 17.0 Å². The van der Waals surface area contributed by atoms with Gasteiger partial charge in [-0.1, -0.05) is 48.0 Å². The molecule has 0 spiro atoms. The van der Waals surface area contributed by atoms with E-state index in [-0.39, 0.29) is 34.9 Å². The molecular formula is C27H22FNO3. The van der Waals surface area contributed by atoms with Gasteiger partial charge in [0.1, 0.15) is 12.4 Å². The maximum absolute atomic E-state index is 15.7. The Kier molecular flexibility index (Phi) is 3.72. The Morgan fingerprint density at radius 3 is 2.75 bits per heavy atom. The molecule has 5 rings (SSSR count). The Bertz CT molecular complexity index is 1590. The number of aromatic nitrogens is 1. The van der Waals surface area contributed by atoms with Gasteiger partial charge in [-0.2, -0.15) is 0 Å². The molecule has 1 aliphatic rings. The van der Waals surface area contributed by atoms with Crippen molar-refractivity contribution in [2.45, 2.75) is 19.9 Å². The fraction of sp³-hybridized carbons (Fsp3) is 0.148. The van der Waals surface area contributed by atoms with Crippen LogP contribution >= 0.6 is 0 Å². The van der Waals surface area contributed by atoms with Gasteiger partial charge in [0.05, 0.1) is 16.7 Å². The van der Waals surface area contributed by atoms with Crippen molar-refractivity contribution in [3.63, 3.8) is 0 Å². The monoisotopic (exact) mass is 433 g/mol. The minimum Gasteiger partial charge on any atom is -0.493 e. The first-order valence-corrected chi connectivity index (χ1v) is 9.93. The van der Waals surface area contributed by atoms with Gasteiger partial charge in [-0.3, -0.25) is 4.98 Å². The number of hydrogen-bond donors (Lipinski definition) is 0. The van der Waals surface area contributed by atoms with Gasteiger partial charge in [0.15, 0.2) is 23.1 Å². The van der Waals surface area contributed by atoms with Crippen LogP contribution in [0.2, 0.25) is 0 Å². The molecule has 0 fully saturated rings. The number of methoxy groups -OCH3 is 1. The lowest BCUT2D eigenvalue weighted by Crippen LogP contribution is -1.99. The molecule has 0 N–H and O–H groups in total. The summed E-state index contributed by atoms with van der Waals surface area (Å²) < 4.78 is 80.9. The number of rotatable bonds is 6. The van der Waals surface area contributed by atoms with Crippen molar-refractivity contribution in [2.24, 2.45) is 0 Å². The molecule has 4 nitrogen and oxygen atoms in total. The summed E-state index contributed by atoms with van der Waals surface area (Å²) in [6.07, 6.45) is 1.16. The van der Waals surface area contributed by atoms with Gasteiger partial charge in [0, 0.05) is 27.3 Å². The fourth-order valence-corrected chi connectivity index (χ4v) is 3.54. The van der Waals surface area contributed by atoms with Gasteiger partial charge in [-0.15, -0.1) is 0 Å². The summed E-state index contributed by atoms with van der Waals surface area (Å²) in [5.41, 5.74) is 0.831. The molecule has 5 heteroatoms. The Morgan fingerprint density at radius 2 is 1.94 bits per heavy atom. The summed E-state index contributed by atoms with van der Waals surface area (Å²) in [6, 6.07) is 12.9. The third-order valence-corrected chi connectivity index (χ3v) is 5.11. The molecule has 4 aromatic rings. The highest BCUT2D eigenvalue weighted by molar-refractivity contribution is 5.88. The number of benzene rings is 3. The minimum atomic E-state index is -2.61. The van der Waals surface area contributed by atoms with E-state index in [1.165, 1.54) is 19.4 Å². The zero-order chi connectivity index (χ0) is 27.2.